The van der Waals surface area contributed by atoms with Crippen molar-refractivity contribution in [1.82, 2.24) is 9.71 Å². The van der Waals surface area contributed by atoms with Crippen LogP contribution in [-0.2, 0) is 16.4 Å². The molecule has 33 heavy (non-hydrogen) atoms. The van der Waals surface area contributed by atoms with Crippen LogP contribution in [-0.4, -0.2) is 35.8 Å². The Morgan fingerprint density at radius 3 is 2.79 bits per heavy atom. The summed E-state index contributed by atoms with van der Waals surface area (Å²) in [5.41, 5.74) is 4.97. The fourth-order valence-electron chi connectivity index (χ4n) is 4.07. The molecule has 1 aliphatic heterocycles. The highest BCUT2D eigenvalue weighted by Gasteiger charge is 2.51. The second-order valence-electron chi connectivity index (χ2n) is 8.88. The Morgan fingerprint density at radius 1 is 1.27 bits per heavy atom. The zero-order chi connectivity index (χ0) is 23.2. The van der Waals surface area contributed by atoms with Gasteiger partial charge in [0.1, 0.15) is 5.75 Å². The number of thiazole rings is 1. The molecule has 0 bridgehead atoms. The van der Waals surface area contributed by atoms with Gasteiger partial charge in [-0.2, -0.15) is 0 Å². The van der Waals surface area contributed by atoms with Crippen molar-refractivity contribution in [1.29, 1.82) is 0 Å². The lowest BCUT2D eigenvalue weighted by atomic mass is 9.88. The van der Waals surface area contributed by atoms with E-state index in [0.717, 1.165) is 5.69 Å². The van der Waals surface area contributed by atoms with Gasteiger partial charge in [-0.1, -0.05) is 30.3 Å². The van der Waals surface area contributed by atoms with Crippen LogP contribution in [0.4, 0.5) is 0 Å². The second-order valence-corrected chi connectivity index (χ2v) is 11.8. The number of ether oxygens (including phenoxy) is 1. The molecule has 0 radical (unpaired) electrons. The third-order valence-electron chi connectivity index (χ3n) is 6.50. The highest BCUT2D eigenvalue weighted by molar-refractivity contribution is 7.91. The number of carbonyl (C=O) groups is 1. The highest BCUT2D eigenvalue weighted by Crippen LogP contribution is 2.43. The molecule has 2 heterocycles. The monoisotopic (exact) mass is 484 g/mol. The van der Waals surface area contributed by atoms with Gasteiger partial charge in [-0.25, -0.2) is 18.1 Å². The van der Waals surface area contributed by atoms with Crippen molar-refractivity contribution >= 4 is 27.3 Å². The Morgan fingerprint density at radius 2 is 2.06 bits per heavy atom. The van der Waals surface area contributed by atoms with Crippen LogP contribution in [0.3, 0.4) is 0 Å². The van der Waals surface area contributed by atoms with Gasteiger partial charge < -0.3 is 9.84 Å². The van der Waals surface area contributed by atoms with Crippen LogP contribution in [0.1, 0.15) is 47.5 Å². The van der Waals surface area contributed by atoms with E-state index in [9.17, 15) is 18.3 Å². The summed E-state index contributed by atoms with van der Waals surface area (Å²) in [6.45, 7) is 2.00. The summed E-state index contributed by atoms with van der Waals surface area (Å²) >= 11 is 1.52. The van der Waals surface area contributed by atoms with Crippen molar-refractivity contribution < 1.29 is 23.1 Å². The van der Waals surface area contributed by atoms with Crippen molar-refractivity contribution in [3.05, 3.63) is 70.2 Å². The van der Waals surface area contributed by atoms with Crippen molar-refractivity contribution in [2.75, 3.05) is 6.61 Å². The zero-order valence-electron chi connectivity index (χ0n) is 18.0. The Bertz CT molecular complexity index is 1300. The van der Waals surface area contributed by atoms with E-state index in [-0.39, 0.29) is 11.5 Å². The highest BCUT2D eigenvalue weighted by atomic mass is 32.2. The summed E-state index contributed by atoms with van der Waals surface area (Å²) < 4.78 is 32.4. The maximum Gasteiger partial charge on any atom is 0.265 e. The number of aliphatic hydroxyl groups is 1. The minimum atomic E-state index is -3.74. The van der Waals surface area contributed by atoms with Gasteiger partial charge in [0, 0.05) is 22.4 Å². The molecule has 2 aromatic carbocycles. The van der Waals surface area contributed by atoms with Gasteiger partial charge >= 0.3 is 0 Å². The summed E-state index contributed by atoms with van der Waals surface area (Å²) in [6, 6.07) is 12.3. The molecular formula is C24H24N2O5S2. The molecule has 2 atom stereocenters. The molecule has 1 fully saturated rings. The lowest BCUT2D eigenvalue weighted by Crippen LogP contribution is -2.38. The number of sulfonamides is 1. The van der Waals surface area contributed by atoms with Crippen molar-refractivity contribution in [3.8, 4) is 16.9 Å². The van der Waals surface area contributed by atoms with E-state index in [2.05, 4.69) is 9.71 Å². The summed E-state index contributed by atoms with van der Waals surface area (Å²) in [5, 5.41) is 12.9. The lowest BCUT2D eigenvalue weighted by Gasteiger charge is -2.30. The van der Waals surface area contributed by atoms with Crippen molar-refractivity contribution in [2.24, 2.45) is 5.92 Å². The van der Waals surface area contributed by atoms with Crippen LogP contribution < -0.4 is 9.46 Å². The Balaban J connectivity index is 1.41. The molecule has 0 saturated heterocycles. The number of fused-ring (bicyclic) bond motifs is 1. The number of hydrogen-bond donors (Lipinski definition) is 2. The summed E-state index contributed by atoms with van der Waals surface area (Å²) in [6.07, 6.45) is 1.03. The number of benzene rings is 2. The van der Waals surface area contributed by atoms with Crippen molar-refractivity contribution in [3.63, 3.8) is 0 Å². The molecule has 1 saturated carbocycles. The van der Waals surface area contributed by atoms with E-state index >= 15 is 0 Å². The third-order valence-corrected chi connectivity index (χ3v) is 9.29. The molecule has 0 unspecified atom stereocenters. The van der Waals surface area contributed by atoms with E-state index in [1.165, 1.54) is 11.3 Å². The zero-order valence-corrected chi connectivity index (χ0v) is 19.7. The van der Waals surface area contributed by atoms with Gasteiger partial charge in [-0.3, -0.25) is 4.79 Å². The number of nitrogens with zero attached hydrogens (tertiary/aromatic N) is 1. The molecule has 1 aliphatic carbocycles. The average Bonchev–Trinajstić information content (AvgIpc) is 3.36. The fourth-order valence-corrected chi connectivity index (χ4v) is 5.88. The SMILES string of the molecule is CC1(S(=O)(=O)NC(=O)c2ccccc2-c2ccc3c(c2)OC[C@@H](Cc2cscn2)[C@H]3O)CC1. The van der Waals surface area contributed by atoms with Crippen LogP contribution in [0.5, 0.6) is 5.75 Å². The van der Waals surface area contributed by atoms with E-state index in [1.807, 2.05) is 11.4 Å². The molecule has 1 amide bonds. The Labute approximate surface area is 196 Å². The molecule has 2 aliphatic rings. The largest absolute Gasteiger partial charge is 0.493 e. The average molecular weight is 485 g/mol. The van der Waals surface area contributed by atoms with Gasteiger partial charge in [-0.15, -0.1) is 11.3 Å². The first-order chi connectivity index (χ1) is 15.8. The first-order valence-corrected chi connectivity index (χ1v) is 13.2. The molecule has 0 spiro atoms. The maximum absolute atomic E-state index is 12.9. The second kappa shape index (κ2) is 8.23. The number of amides is 1. The quantitative estimate of drug-likeness (QED) is 0.553. The smallest absolute Gasteiger partial charge is 0.265 e. The molecule has 2 N–H and O–H groups in total. The third kappa shape index (κ3) is 4.16. The molecule has 1 aromatic heterocycles. The molecule has 9 heteroatoms. The molecule has 172 valence electrons. The lowest BCUT2D eigenvalue weighted by molar-refractivity contribution is 0.0504. The number of aromatic nitrogens is 1. The number of hydrogen-bond acceptors (Lipinski definition) is 7. The van der Waals surface area contributed by atoms with Crippen LogP contribution >= 0.6 is 11.3 Å². The summed E-state index contributed by atoms with van der Waals surface area (Å²) in [7, 11) is -3.74. The molecule has 3 aromatic rings. The van der Waals surface area contributed by atoms with Crippen LogP contribution in [0.25, 0.3) is 11.1 Å². The van der Waals surface area contributed by atoms with Gasteiger partial charge in [-0.05, 0) is 49.4 Å². The van der Waals surface area contributed by atoms with Crippen LogP contribution in [0.2, 0.25) is 0 Å². The van der Waals surface area contributed by atoms with E-state index in [1.54, 1.807) is 48.8 Å². The topological polar surface area (TPSA) is 106 Å². The summed E-state index contributed by atoms with van der Waals surface area (Å²) in [5.74, 6) is -0.193. The Kier molecular flexibility index (Phi) is 5.50. The molecular weight excluding hydrogens is 460 g/mol. The van der Waals surface area contributed by atoms with E-state index < -0.39 is 26.8 Å². The van der Waals surface area contributed by atoms with Gasteiger partial charge in [0.2, 0.25) is 10.0 Å². The molecule has 7 nitrogen and oxygen atoms in total. The predicted molar refractivity (Wildman–Crippen MR) is 126 cm³/mol. The van der Waals surface area contributed by atoms with Gasteiger partial charge in [0.15, 0.2) is 0 Å². The van der Waals surface area contributed by atoms with Crippen LogP contribution in [0, 0.1) is 5.92 Å². The number of rotatable bonds is 6. The standard InChI is InChI=1S/C24H24N2O5S2/c1-24(8-9-24)33(29,30)26-23(28)19-5-3-2-4-18(19)15-6-7-20-21(11-15)31-12-16(22(20)27)10-17-13-32-14-25-17/h2-7,11,13-14,16,22,27H,8-10,12H2,1H3,(H,26,28)/t16-,22-/m1/s1. The van der Waals surface area contributed by atoms with E-state index in [0.29, 0.717) is 48.3 Å². The summed E-state index contributed by atoms with van der Waals surface area (Å²) in [4.78, 5) is 17.2. The first-order valence-electron chi connectivity index (χ1n) is 10.8. The van der Waals surface area contributed by atoms with E-state index in [4.69, 9.17) is 4.74 Å². The first kappa shape index (κ1) is 22.1. The number of carbonyl (C=O) groups excluding carboxylic acids is 1. The fraction of sp³-hybridized carbons (Fsp3) is 0.333. The normalized spacial score (nSPS) is 21.0. The van der Waals surface area contributed by atoms with Gasteiger partial charge in [0.25, 0.3) is 5.91 Å². The maximum atomic E-state index is 12.9. The number of aliphatic hydroxyl groups excluding tert-OH is 1. The van der Waals surface area contributed by atoms with Crippen LogP contribution in [0.15, 0.2) is 53.4 Å². The number of nitrogens with one attached hydrogen (secondary N) is 1. The van der Waals surface area contributed by atoms with Crippen molar-refractivity contribution in [2.45, 2.75) is 37.0 Å². The minimum Gasteiger partial charge on any atom is -0.493 e. The minimum absolute atomic E-state index is 0.0995. The van der Waals surface area contributed by atoms with Gasteiger partial charge in [0.05, 0.1) is 28.7 Å². The predicted octanol–water partition coefficient (Wildman–Crippen LogP) is 3.71. The molecule has 5 rings (SSSR count). The Hall–Kier alpha value is -2.75.